The van der Waals surface area contributed by atoms with Gasteiger partial charge in [0.25, 0.3) is 5.91 Å². The zero-order chi connectivity index (χ0) is 21.2. The molecule has 2 aromatic carbocycles. The highest BCUT2D eigenvalue weighted by molar-refractivity contribution is 6.47. The van der Waals surface area contributed by atoms with Crippen molar-refractivity contribution in [2.24, 2.45) is 9.98 Å². The van der Waals surface area contributed by atoms with Crippen molar-refractivity contribution >= 4 is 23.2 Å². The summed E-state index contributed by atoms with van der Waals surface area (Å²) in [5.41, 5.74) is 5.66. The van der Waals surface area contributed by atoms with Crippen LogP contribution >= 0.6 is 0 Å². The van der Waals surface area contributed by atoms with Gasteiger partial charge in [-0.2, -0.15) is 0 Å². The van der Waals surface area contributed by atoms with Gasteiger partial charge in [-0.1, -0.05) is 66.7 Å². The van der Waals surface area contributed by atoms with E-state index in [9.17, 15) is 4.79 Å². The summed E-state index contributed by atoms with van der Waals surface area (Å²) < 4.78 is 0. The van der Waals surface area contributed by atoms with Crippen LogP contribution in [0.2, 0.25) is 0 Å². The van der Waals surface area contributed by atoms with Crippen LogP contribution in [0.25, 0.3) is 5.70 Å². The van der Waals surface area contributed by atoms with E-state index in [1.54, 1.807) is 4.90 Å². The van der Waals surface area contributed by atoms with Crippen LogP contribution in [0.5, 0.6) is 0 Å². The summed E-state index contributed by atoms with van der Waals surface area (Å²) in [5.74, 6) is 0.628. The van der Waals surface area contributed by atoms with E-state index in [4.69, 9.17) is 9.98 Å². The zero-order valence-electron chi connectivity index (χ0n) is 17.3. The summed E-state index contributed by atoms with van der Waals surface area (Å²) in [5, 5.41) is 0. The number of aliphatic imine (C=N–C) groups is 2. The Kier molecular flexibility index (Phi) is 5.00. The molecule has 0 spiro atoms. The zero-order valence-corrected chi connectivity index (χ0v) is 17.3. The van der Waals surface area contributed by atoms with Gasteiger partial charge in [-0.25, -0.2) is 4.99 Å². The molecule has 0 aliphatic carbocycles. The highest BCUT2D eigenvalue weighted by Crippen LogP contribution is 2.27. The van der Waals surface area contributed by atoms with Crippen LogP contribution in [0.3, 0.4) is 0 Å². The lowest BCUT2D eigenvalue weighted by Gasteiger charge is -2.22. The normalized spacial score (nSPS) is 17.7. The van der Waals surface area contributed by atoms with Crippen LogP contribution in [0, 0.1) is 6.92 Å². The molecule has 5 heteroatoms. The number of aryl methyl sites for hydroxylation is 1. The average molecular weight is 406 g/mol. The minimum absolute atomic E-state index is 0.0236. The molecular weight excluding hydrogens is 384 g/mol. The molecule has 2 aliphatic rings. The predicted octanol–water partition coefficient (Wildman–Crippen LogP) is 4.24. The average Bonchev–Trinajstić information content (AvgIpc) is 3.12. The number of amides is 1. The number of fused-ring (bicyclic) bond motifs is 1. The SMILES string of the molecule is Cc1ccc(CC2N=C3C(Cc4ccccc4)=NC(c4ccccc4)=CN3C2=O)cn1. The van der Waals surface area contributed by atoms with Crippen LogP contribution in [-0.2, 0) is 17.6 Å². The van der Waals surface area contributed by atoms with Gasteiger partial charge in [0.05, 0.1) is 11.4 Å². The van der Waals surface area contributed by atoms with Crippen molar-refractivity contribution in [1.82, 2.24) is 9.88 Å². The van der Waals surface area contributed by atoms with E-state index in [-0.39, 0.29) is 5.91 Å². The molecule has 0 fully saturated rings. The van der Waals surface area contributed by atoms with Crippen LogP contribution in [0.15, 0.2) is 95.2 Å². The van der Waals surface area contributed by atoms with E-state index >= 15 is 0 Å². The van der Waals surface area contributed by atoms with Gasteiger partial charge >= 0.3 is 0 Å². The number of amidine groups is 1. The molecule has 0 bridgehead atoms. The van der Waals surface area contributed by atoms with E-state index in [0.29, 0.717) is 18.7 Å². The van der Waals surface area contributed by atoms with Crippen LogP contribution in [0.4, 0.5) is 0 Å². The molecule has 5 nitrogen and oxygen atoms in total. The Bertz CT molecular complexity index is 1200. The van der Waals surface area contributed by atoms with Crippen molar-refractivity contribution < 1.29 is 4.79 Å². The smallest absolute Gasteiger partial charge is 0.257 e. The fraction of sp³-hybridized carbons (Fsp3) is 0.154. The molecule has 1 atom stereocenters. The third-order valence-corrected chi connectivity index (χ3v) is 5.48. The van der Waals surface area contributed by atoms with Gasteiger partial charge < -0.3 is 0 Å². The molecule has 0 saturated carbocycles. The van der Waals surface area contributed by atoms with Crippen LogP contribution < -0.4 is 0 Å². The lowest BCUT2D eigenvalue weighted by atomic mass is 10.0. The maximum Gasteiger partial charge on any atom is 0.257 e. The van der Waals surface area contributed by atoms with Crippen molar-refractivity contribution in [3.8, 4) is 0 Å². The number of rotatable bonds is 5. The van der Waals surface area contributed by atoms with Gasteiger partial charge in [-0.15, -0.1) is 0 Å². The van der Waals surface area contributed by atoms with Crippen LogP contribution in [0.1, 0.15) is 22.4 Å². The maximum absolute atomic E-state index is 13.3. The number of benzene rings is 2. The van der Waals surface area contributed by atoms with E-state index in [0.717, 1.165) is 33.8 Å². The van der Waals surface area contributed by atoms with E-state index in [1.807, 2.05) is 80.0 Å². The molecule has 3 heterocycles. The van der Waals surface area contributed by atoms with Crippen molar-refractivity contribution in [3.05, 3.63) is 108 Å². The molecule has 1 unspecified atom stereocenters. The molecule has 1 amide bonds. The molecule has 3 aromatic rings. The van der Waals surface area contributed by atoms with Gasteiger partial charge in [0.15, 0.2) is 5.84 Å². The maximum atomic E-state index is 13.3. The van der Waals surface area contributed by atoms with Crippen LogP contribution in [-0.4, -0.2) is 33.4 Å². The number of pyridine rings is 1. The third kappa shape index (κ3) is 3.94. The molecule has 5 rings (SSSR count). The van der Waals surface area contributed by atoms with E-state index in [1.165, 1.54) is 0 Å². The molecule has 0 N–H and O–H groups in total. The van der Waals surface area contributed by atoms with Gasteiger partial charge in [0.1, 0.15) is 6.04 Å². The van der Waals surface area contributed by atoms with Gasteiger partial charge in [0.2, 0.25) is 0 Å². The first-order valence-electron chi connectivity index (χ1n) is 10.4. The largest absolute Gasteiger partial charge is 0.272 e. The second kappa shape index (κ2) is 8.11. The first-order chi connectivity index (χ1) is 15.2. The van der Waals surface area contributed by atoms with Crippen molar-refractivity contribution in [1.29, 1.82) is 0 Å². The Hall–Kier alpha value is -3.86. The Labute approximate surface area is 181 Å². The summed E-state index contributed by atoms with van der Waals surface area (Å²) in [6.07, 6.45) is 4.79. The topological polar surface area (TPSA) is 57.9 Å². The van der Waals surface area contributed by atoms with Crippen molar-refractivity contribution in [3.63, 3.8) is 0 Å². The van der Waals surface area contributed by atoms with E-state index < -0.39 is 6.04 Å². The highest BCUT2D eigenvalue weighted by atomic mass is 16.2. The second-order valence-corrected chi connectivity index (χ2v) is 7.79. The lowest BCUT2D eigenvalue weighted by molar-refractivity contribution is -0.125. The molecular formula is C26H22N4O. The molecule has 31 heavy (non-hydrogen) atoms. The summed E-state index contributed by atoms with van der Waals surface area (Å²) in [4.78, 5) is 29.0. The Morgan fingerprint density at radius 1 is 0.903 bits per heavy atom. The monoisotopic (exact) mass is 406 g/mol. The molecule has 0 radical (unpaired) electrons. The first kappa shape index (κ1) is 19.1. The third-order valence-electron chi connectivity index (χ3n) is 5.48. The first-order valence-corrected chi connectivity index (χ1v) is 10.4. The Balaban J connectivity index is 1.50. The van der Waals surface area contributed by atoms with Gasteiger partial charge in [-0.3, -0.25) is 19.7 Å². The Morgan fingerprint density at radius 3 is 2.35 bits per heavy atom. The second-order valence-electron chi connectivity index (χ2n) is 7.79. The minimum atomic E-state index is -0.466. The number of hydrogen-bond acceptors (Lipinski definition) is 4. The quantitative estimate of drug-likeness (QED) is 0.636. The fourth-order valence-corrected chi connectivity index (χ4v) is 3.85. The Morgan fingerprint density at radius 2 is 1.65 bits per heavy atom. The van der Waals surface area contributed by atoms with Gasteiger partial charge in [0, 0.05) is 36.5 Å². The number of aromatic nitrogens is 1. The van der Waals surface area contributed by atoms with E-state index in [2.05, 4.69) is 17.1 Å². The summed E-state index contributed by atoms with van der Waals surface area (Å²) >= 11 is 0. The summed E-state index contributed by atoms with van der Waals surface area (Å²) in [6, 6.07) is 23.6. The summed E-state index contributed by atoms with van der Waals surface area (Å²) in [6.45, 7) is 1.95. The minimum Gasteiger partial charge on any atom is -0.272 e. The van der Waals surface area contributed by atoms with Crippen molar-refractivity contribution in [2.45, 2.75) is 25.8 Å². The van der Waals surface area contributed by atoms with Crippen molar-refractivity contribution in [2.75, 3.05) is 0 Å². The standard InChI is InChI=1S/C26H22N4O/c1-18-12-13-20(16-27-18)15-23-26(31)30-17-24(21-10-6-3-7-11-21)28-22(25(30)29-23)14-19-8-4-2-5-9-19/h2-13,16-17,23H,14-15H2,1H3. The lowest BCUT2D eigenvalue weighted by Crippen LogP contribution is -2.38. The number of carbonyl (C=O) groups excluding carboxylic acids is 1. The number of hydrogen-bond donors (Lipinski definition) is 0. The molecule has 1 aromatic heterocycles. The fourth-order valence-electron chi connectivity index (χ4n) is 3.85. The molecule has 152 valence electrons. The number of nitrogens with zero attached hydrogens (tertiary/aromatic N) is 4. The highest BCUT2D eigenvalue weighted by Gasteiger charge is 2.38. The van der Waals surface area contributed by atoms with Gasteiger partial charge in [-0.05, 0) is 24.1 Å². The summed E-state index contributed by atoms with van der Waals surface area (Å²) in [7, 11) is 0. The molecule has 0 saturated heterocycles. The number of carbonyl (C=O) groups is 1. The predicted molar refractivity (Wildman–Crippen MR) is 123 cm³/mol. The molecule has 2 aliphatic heterocycles.